The van der Waals surface area contributed by atoms with Gasteiger partial charge in [-0.15, -0.1) is 0 Å². The van der Waals surface area contributed by atoms with Gasteiger partial charge in [-0.3, -0.25) is 0 Å². The third kappa shape index (κ3) is 2.51. The van der Waals surface area contributed by atoms with E-state index in [1.165, 1.54) is 0 Å². The fourth-order valence-corrected chi connectivity index (χ4v) is 2.70. The molecular weight excluding hydrogens is 336 g/mol. The lowest BCUT2D eigenvalue weighted by atomic mass is 10.2. The third-order valence-corrected chi connectivity index (χ3v) is 3.55. The standard InChI is InChI=1S/C16H12BrClN2/c1-11(17)10-20-15-8-3-2-7-14(15)19-16(20)12-5-4-6-13(18)9-12/h2-9H,1,10H2. The van der Waals surface area contributed by atoms with Crippen molar-refractivity contribution in [2.75, 3.05) is 0 Å². The molecule has 0 radical (unpaired) electrons. The zero-order valence-corrected chi connectivity index (χ0v) is 13.0. The van der Waals surface area contributed by atoms with Crippen molar-refractivity contribution in [3.05, 3.63) is 64.6 Å². The van der Waals surface area contributed by atoms with Crippen molar-refractivity contribution in [1.82, 2.24) is 9.55 Å². The van der Waals surface area contributed by atoms with Gasteiger partial charge in [0.15, 0.2) is 0 Å². The van der Waals surface area contributed by atoms with Gasteiger partial charge in [0.05, 0.1) is 17.6 Å². The number of benzene rings is 2. The molecule has 0 saturated carbocycles. The van der Waals surface area contributed by atoms with Crippen LogP contribution in [0.5, 0.6) is 0 Å². The van der Waals surface area contributed by atoms with Gasteiger partial charge < -0.3 is 4.57 Å². The molecule has 0 aliphatic heterocycles. The second-order valence-corrected chi connectivity index (χ2v) is 6.10. The van der Waals surface area contributed by atoms with Crippen LogP contribution in [0.2, 0.25) is 5.02 Å². The van der Waals surface area contributed by atoms with Crippen LogP contribution in [0.15, 0.2) is 59.6 Å². The summed E-state index contributed by atoms with van der Waals surface area (Å²) in [5.41, 5.74) is 3.06. The van der Waals surface area contributed by atoms with Crippen LogP contribution >= 0.6 is 27.5 Å². The summed E-state index contributed by atoms with van der Waals surface area (Å²) in [7, 11) is 0. The average molecular weight is 348 g/mol. The molecule has 0 bridgehead atoms. The lowest BCUT2D eigenvalue weighted by molar-refractivity contribution is 0.855. The summed E-state index contributed by atoms with van der Waals surface area (Å²) in [5.74, 6) is 0.898. The number of halogens is 2. The van der Waals surface area contributed by atoms with Crippen LogP contribution in [0, 0.1) is 0 Å². The molecular formula is C16H12BrClN2. The van der Waals surface area contributed by atoms with Crippen molar-refractivity contribution in [2.45, 2.75) is 6.54 Å². The number of hydrogen-bond donors (Lipinski definition) is 0. The highest BCUT2D eigenvalue weighted by molar-refractivity contribution is 9.11. The summed E-state index contributed by atoms with van der Waals surface area (Å²) in [6.45, 7) is 4.60. The maximum absolute atomic E-state index is 6.09. The van der Waals surface area contributed by atoms with Gasteiger partial charge in [0.25, 0.3) is 0 Å². The third-order valence-electron chi connectivity index (χ3n) is 3.07. The van der Waals surface area contributed by atoms with Crippen LogP contribution in [0.4, 0.5) is 0 Å². The van der Waals surface area contributed by atoms with Gasteiger partial charge >= 0.3 is 0 Å². The van der Waals surface area contributed by atoms with E-state index in [2.05, 4.69) is 33.1 Å². The van der Waals surface area contributed by atoms with Gasteiger partial charge in [-0.25, -0.2) is 4.98 Å². The minimum atomic E-state index is 0.669. The molecule has 0 spiro atoms. The lowest BCUT2D eigenvalue weighted by Gasteiger charge is -2.08. The van der Waals surface area contributed by atoms with E-state index in [1.807, 2.05) is 42.5 Å². The topological polar surface area (TPSA) is 17.8 Å². The zero-order valence-electron chi connectivity index (χ0n) is 10.7. The SMILES string of the molecule is C=C(Br)Cn1c(-c2cccc(Cl)c2)nc2ccccc21. The van der Waals surface area contributed by atoms with E-state index in [4.69, 9.17) is 16.6 Å². The van der Waals surface area contributed by atoms with Gasteiger partial charge in [0.2, 0.25) is 0 Å². The minimum Gasteiger partial charge on any atom is -0.319 e. The summed E-state index contributed by atoms with van der Waals surface area (Å²) in [4.78, 5) is 4.72. The number of allylic oxidation sites excluding steroid dienone is 1. The van der Waals surface area contributed by atoms with Crippen molar-refractivity contribution in [3.63, 3.8) is 0 Å². The highest BCUT2D eigenvalue weighted by Crippen LogP contribution is 2.27. The van der Waals surface area contributed by atoms with Crippen LogP contribution in [-0.2, 0) is 6.54 Å². The molecule has 2 aromatic carbocycles. The quantitative estimate of drug-likeness (QED) is 0.631. The maximum atomic E-state index is 6.09. The number of para-hydroxylation sites is 2. The van der Waals surface area contributed by atoms with Gasteiger partial charge in [-0.2, -0.15) is 0 Å². The van der Waals surface area contributed by atoms with Crippen LogP contribution < -0.4 is 0 Å². The number of aromatic nitrogens is 2. The summed E-state index contributed by atoms with van der Waals surface area (Å²) >= 11 is 9.52. The van der Waals surface area contributed by atoms with E-state index in [0.717, 1.165) is 26.9 Å². The molecule has 2 nitrogen and oxygen atoms in total. The molecule has 1 heterocycles. The Labute approximate surface area is 130 Å². The van der Waals surface area contributed by atoms with E-state index >= 15 is 0 Å². The van der Waals surface area contributed by atoms with Gasteiger partial charge in [0.1, 0.15) is 5.82 Å². The fraction of sp³-hybridized carbons (Fsp3) is 0.0625. The van der Waals surface area contributed by atoms with Crippen molar-refractivity contribution in [3.8, 4) is 11.4 Å². The molecule has 0 unspecified atom stereocenters. The maximum Gasteiger partial charge on any atom is 0.141 e. The van der Waals surface area contributed by atoms with Crippen molar-refractivity contribution >= 4 is 38.6 Å². The fourth-order valence-electron chi connectivity index (χ4n) is 2.26. The molecule has 0 aliphatic rings. The molecule has 0 amide bonds. The Morgan fingerprint density at radius 3 is 2.75 bits per heavy atom. The second kappa shape index (κ2) is 5.43. The number of fused-ring (bicyclic) bond motifs is 1. The summed E-state index contributed by atoms with van der Waals surface area (Å²) in [5, 5.41) is 0.707. The monoisotopic (exact) mass is 346 g/mol. The van der Waals surface area contributed by atoms with Crippen LogP contribution in [-0.4, -0.2) is 9.55 Å². The van der Waals surface area contributed by atoms with Crippen LogP contribution in [0.1, 0.15) is 0 Å². The molecule has 3 rings (SSSR count). The van der Waals surface area contributed by atoms with Gasteiger partial charge in [-0.05, 0) is 24.3 Å². The summed E-state index contributed by atoms with van der Waals surface area (Å²) in [6, 6.07) is 15.8. The number of imidazole rings is 1. The lowest BCUT2D eigenvalue weighted by Crippen LogP contribution is -2.00. The first kappa shape index (κ1) is 13.4. The highest BCUT2D eigenvalue weighted by Gasteiger charge is 2.12. The first-order valence-corrected chi connectivity index (χ1v) is 7.37. The van der Waals surface area contributed by atoms with Gasteiger partial charge in [0, 0.05) is 15.1 Å². The smallest absolute Gasteiger partial charge is 0.141 e. The molecule has 20 heavy (non-hydrogen) atoms. The normalized spacial score (nSPS) is 10.9. The molecule has 0 aliphatic carbocycles. The van der Waals surface area contributed by atoms with Crippen molar-refractivity contribution in [2.24, 2.45) is 0 Å². The molecule has 0 N–H and O–H groups in total. The van der Waals surface area contributed by atoms with E-state index < -0.39 is 0 Å². The van der Waals surface area contributed by atoms with Gasteiger partial charge in [-0.1, -0.05) is 58.4 Å². The Morgan fingerprint density at radius 2 is 2.00 bits per heavy atom. The van der Waals surface area contributed by atoms with E-state index in [-0.39, 0.29) is 0 Å². The largest absolute Gasteiger partial charge is 0.319 e. The minimum absolute atomic E-state index is 0.669. The molecule has 3 aromatic rings. The Balaban J connectivity index is 2.26. The highest BCUT2D eigenvalue weighted by atomic mass is 79.9. The molecule has 4 heteroatoms. The zero-order chi connectivity index (χ0) is 14.1. The van der Waals surface area contributed by atoms with Crippen molar-refractivity contribution < 1.29 is 0 Å². The first-order valence-electron chi connectivity index (χ1n) is 6.19. The first-order chi connectivity index (χ1) is 9.65. The number of rotatable bonds is 3. The van der Waals surface area contributed by atoms with E-state index in [9.17, 15) is 0 Å². The van der Waals surface area contributed by atoms with E-state index in [0.29, 0.717) is 11.6 Å². The molecule has 1 aromatic heterocycles. The van der Waals surface area contributed by atoms with Crippen LogP contribution in [0.25, 0.3) is 22.4 Å². The predicted molar refractivity (Wildman–Crippen MR) is 88.2 cm³/mol. The predicted octanol–water partition coefficient (Wildman–Crippen LogP) is 5.27. The van der Waals surface area contributed by atoms with Crippen LogP contribution in [0.3, 0.4) is 0 Å². The Hall–Kier alpha value is -1.58. The Morgan fingerprint density at radius 1 is 1.20 bits per heavy atom. The Bertz CT molecular complexity index is 792. The summed E-state index contributed by atoms with van der Waals surface area (Å²) < 4.78 is 3.04. The molecule has 0 atom stereocenters. The number of hydrogen-bond acceptors (Lipinski definition) is 1. The molecule has 0 fully saturated rings. The van der Waals surface area contributed by atoms with Crippen molar-refractivity contribution in [1.29, 1.82) is 0 Å². The molecule has 100 valence electrons. The number of nitrogens with zero attached hydrogens (tertiary/aromatic N) is 2. The second-order valence-electron chi connectivity index (χ2n) is 4.54. The Kier molecular flexibility index (Phi) is 3.64. The summed E-state index contributed by atoms with van der Waals surface area (Å²) in [6.07, 6.45) is 0. The van der Waals surface area contributed by atoms with E-state index in [1.54, 1.807) is 0 Å². The average Bonchev–Trinajstić information content (AvgIpc) is 2.77. The molecule has 0 saturated heterocycles.